The van der Waals surface area contributed by atoms with Crippen LogP contribution in [0, 0.1) is 0 Å². The molecule has 62 valence electrons. The van der Waals surface area contributed by atoms with Crippen molar-refractivity contribution in [1.82, 2.24) is 5.06 Å². The minimum absolute atomic E-state index is 0.0585. The Kier molecular flexibility index (Phi) is 3.45. The van der Waals surface area contributed by atoms with Gasteiger partial charge in [-0.15, -0.1) is 11.8 Å². The summed E-state index contributed by atoms with van der Waals surface area (Å²) in [4.78, 5) is 16.1. The number of thioether (sulfide) groups is 1. The highest BCUT2D eigenvalue weighted by atomic mass is 32.2. The molecule has 0 aromatic rings. The number of hydroxylamine groups is 2. The second-order valence-corrected chi connectivity index (χ2v) is 2.91. The Hall–Kier alpha value is -0.480. The molecule has 1 saturated heterocycles. The molecule has 1 amide bonds. The maximum Gasteiger partial charge on any atom is 0.270 e. The number of amides is 1. The predicted molar refractivity (Wildman–Crippen MR) is 44.9 cm³/mol. The summed E-state index contributed by atoms with van der Waals surface area (Å²) in [5.41, 5.74) is 0. The number of hydrogen-bond acceptors (Lipinski definition) is 3. The van der Waals surface area contributed by atoms with Gasteiger partial charge in [0.05, 0.1) is 13.2 Å². The molecule has 1 fully saturated rings. The van der Waals surface area contributed by atoms with Gasteiger partial charge in [-0.05, 0) is 18.1 Å². The van der Waals surface area contributed by atoms with Crippen molar-refractivity contribution >= 4 is 17.7 Å². The van der Waals surface area contributed by atoms with Gasteiger partial charge < -0.3 is 0 Å². The zero-order valence-corrected chi connectivity index (χ0v) is 7.26. The molecule has 1 aliphatic rings. The van der Waals surface area contributed by atoms with Crippen molar-refractivity contribution in [2.24, 2.45) is 0 Å². The molecular weight excluding hydrogens is 162 g/mol. The minimum Gasteiger partial charge on any atom is -0.271 e. The maximum absolute atomic E-state index is 11.1. The third-order valence-electron chi connectivity index (χ3n) is 1.35. The summed E-state index contributed by atoms with van der Waals surface area (Å²) >= 11 is 1.51. The van der Waals surface area contributed by atoms with Crippen LogP contribution in [-0.4, -0.2) is 30.4 Å². The van der Waals surface area contributed by atoms with Crippen LogP contribution in [0.1, 0.15) is 6.42 Å². The average molecular weight is 173 g/mol. The molecule has 0 unspecified atom stereocenters. The van der Waals surface area contributed by atoms with Gasteiger partial charge in [-0.3, -0.25) is 9.63 Å². The minimum atomic E-state index is -0.0585. The summed E-state index contributed by atoms with van der Waals surface area (Å²) in [6, 6.07) is 0. The zero-order valence-electron chi connectivity index (χ0n) is 6.45. The number of carbonyl (C=O) groups is 1. The molecule has 1 heterocycles. The topological polar surface area (TPSA) is 29.5 Å². The first-order chi connectivity index (χ1) is 5.34. The molecule has 0 radical (unpaired) electrons. The normalized spacial score (nSPS) is 18.1. The monoisotopic (exact) mass is 173 g/mol. The van der Waals surface area contributed by atoms with Gasteiger partial charge in [-0.1, -0.05) is 0 Å². The fraction of sp³-hybridized carbons (Fsp3) is 0.571. The molecule has 4 heteroatoms. The van der Waals surface area contributed by atoms with E-state index in [1.165, 1.54) is 22.9 Å². The lowest BCUT2D eigenvalue weighted by atomic mass is 10.4. The number of hydrogen-bond donors (Lipinski definition) is 0. The number of carbonyl (C=O) groups excluding carboxylic acids is 1. The van der Waals surface area contributed by atoms with Gasteiger partial charge in [-0.25, -0.2) is 5.06 Å². The van der Waals surface area contributed by atoms with E-state index in [0.29, 0.717) is 6.61 Å². The summed E-state index contributed by atoms with van der Waals surface area (Å²) in [5, 5.41) is 3.15. The maximum atomic E-state index is 11.1. The van der Waals surface area contributed by atoms with Gasteiger partial charge in [0.15, 0.2) is 0 Å². The van der Waals surface area contributed by atoms with Crippen molar-refractivity contribution in [2.45, 2.75) is 6.42 Å². The lowest BCUT2D eigenvalue weighted by molar-refractivity contribution is -0.162. The molecule has 1 aliphatic heterocycles. The van der Waals surface area contributed by atoms with Crippen LogP contribution in [0.2, 0.25) is 0 Å². The molecule has 0 aromatic heterocycles. The third-order valence-corrected chi connectivity index (χ3v) is 1.75. The molecule has 3 nitrogen and oxygen atoms in total. The highest BCUT2D eigenvalue weighted by molar-refractivity contribution is 8.01. The van der Waals surface area contributed by atoms with Gasteiger partial charge in [0.2, 0.25) is 0 Å². The molecule has 0 aromatic carbocycles. The molecule has 0 aliphatic carbocycles. The fourth-order valence-corrected chi connectivity index (χ4v) is 1.08. The van der Waals surface area contributed by atoms with Gasteiger partial charge in [0.25, 0.3) is 5.91 Å². The Balaban J connectivity index is 2.34. The van der Waals surface area contributed by atoms with E-state index in [1.54, 1.807) is 5.41 Å². The summed E-state index contributed by atoms with van der Waals surface area (Å²) in [5.74, 6) is -0.0585. The van der Waals surface area contributed by atoms with Crippen LogP contribution in [0.15, 0.2) is 11.5 Å². The van der Waals surface area contributed by atoms with E-state index in [-0.39, 0.29) is 5.91 Å². The summed E-state index contributed by atoms with van der Waals surface area (Å²) in [6.07, 6.45) is 4.38. The quantitative estimate of drug-likeness (QED) is 0.584. The second kappa shape index (κ2) is 4.41. The SMILES string of the molecule is CS/C=C/C(=O)N1CCCO1. The first kappa shape index (κ1) is 8.62. The van der Waals surface area contributed by atoms with Crippen molar-refractivity contribution in [3.8, 4) is 0 Å². The zero-order chi connectivity index (χ0) is 8.10. The van der Waals surface area contributed by atoms with E-state index in [4.69, 9.17) is 4.84 Å². The number of nitrogens with zero attached hydrogens (tertiary/aromatic N) is 1. The Morgan fingerprint density at radius 1 is 1.73 bits per heavy atom. The largest absolute Gasteiger partial charge is 0.271 e. The summed E-state index contributed by atoms with van der Waals surface area (Å²) < 4.78 is 0. The molecule has 1 rings (SSSR count). The van der Waals surface area contributed by atoms with Crippen LogP contribution < -0.4 is 0 Å². The Morgan fingerprint density at radius 3 is 3.09 bits per heavy atom. The molecule has 0 saturated carbocycles. The molecule has 0 N–H and O–H groups in total. The summed E-state index contributed by atoms with van der Waals surface area (Å²) in [7, 11) is 0. The van der Waals surface area contributed by atoms with Gasteiger partial charge in [0.1, 0.15) is 0 Å². The van der Waals surface area contributed by atoms with E-state index < -0.39 is 0 Å². The van der Waals surface area contributed by atoms with E-state index >= 15 is 0 Å². The van der Waals surface area contributed by atoms with Crippen LogP contribution in [0.25, 0.3) is 0 Å². The Bertz CT molecular complexity index is 164. The lowest BCUT2D eigenvalue weighted by Crippen LogP contribution is -2.24. The van der Waals surface area contributed by atoms with Crippen molar-refractivity contribution in [1.29, 1.82) is 0 Å². The third kappa shape index (κ3) is 2.55. The van der Waals surface area contributed by atoms with Crippen molar-refractivity contribution in [3.63, 3.8) is 0 Å². The van der Waals surface area contributed by atoms with Crippen LogP contribution in [0.3, 0.4) is 0 Å². The Morgan fingerprint density at radius 2 is 2.55 bits per heavy atom. The van der Waals surface area contributed by atoms with Gasteiger partial charge in [-0.2, -0.15) is 0 Å². The van der Waals surface area contributed by atoms with Crippen LogP contribution >= 0.6 is 11.8 Å². The van der Waals surface area contributed by atoms with Crippen molar-refractivity contribution in [3.05, 3.63) is 11.5 Å². The fourth-order valence-electron chi connectivity index (χ4n) is 0.831. The summed E-state index contributed by atoms with van der Waals surface area (Å²) in [6.45, 7) is 1.39. The average Bonchev–Trinajstić information content (AvgIpc) is 2.52. The Labute approximate surface area is 70.3 Å². The van der Waals surface area contributed by atoms with Gasteiger partial charge >= 0.3 is 0 Å². The lowest BCUT2D eigenvalue weighted by Gasteiger charge is -2.09. The smallest absolute Gasteiger partial charge is 0.270 e. The van der Waals surface area contributed by atoms with Crippen molar-refractivity contribution in [2.75, 3.05) is 19.4 Å². The second-order valence-electron chi connectivity index (χ2n) is 2.17. The van der Waals surface area contributed by atoms with E-state index in [9.17, 15) is 4.79 Å². The highest BCUT2D eigenvalue weighted by Crippen LogP contribution is 2.05. The van der Waals surface area contributed by atoms with E-state index in [2.05, 4.69) is 0 Å². The van der Waals surface area contributed by atoms with Crippen LogP contribution in [0.5, 0.6) is 0 Å². The van der Waals surface area contributed by atoms with Crippen LogP contribution in [-0.2, 0) is 9.63 Å². The predicted octanol–water partition coefficient (Wildman–Crippen LogP) is 1.03. The number of rotatable bonds is 2. The van der Waals surface area contributed by atoms with Crippen molar-refractivity contribution < 1.29 is 9.63 Å². The van der Waals surface area contributed by atoms with Crippen LogP contribution in [0.4, 0.5) is 0 Å². The standard InChI is InChI=1S/C7H11NO2S/c1-11-6-3-7(9)8-4-2-5-10-8/h3,6H,2,4-5H2,1H3/b6-3+. The first-order valence-corrected chi connectivity index (χ1v) is 4.77. The first-order valence-electron chi connectivity index (χ1n) is 3.48. The van der Waals surface area contributed by atoms with E-state index in [1.807, 2.05) is 6.26 Å². The molecular formula is C7H11NO2S. The highest BCUT2D eigenvalue weighted by Gasteiger charge is 2.16. The molecule has 0 atom stereocenters. The van der Waals surface area contributed by atoms with E-state index in [0.717, 1.165) is 13.0 Å². The molecule has 11 heavy (non-hydrogen) atoms. The van der Waals surface area contributed by atoms with Gasteiger partial charge in [0, 0.05) is 6.08 Å². The molecule has 0 bridgehead atoms. The molecule has 0 spiro atoms.